The molecule has 0 bridgehead atoms. The number of hydrogen-bond donors (Lipinski definition) is 2. The third-order valence-electron chi connectivity index (χ3n) is 4.51. The van der Waals surface area contributed by atoms with Gasteiger partial charge in [0.25, 0.3) is 5.91 Å². The van der Waals surface area contributed by atoms with E-state index in [0.717, 1.165) is 14.0 Å². The van der Waals surface area contributed by atoms with Gasteiger partial charge in [-0.25, -0.2) is 9.59 Å². The van der Waals surface area contributed by atoms with Gasteiger partial charge in [0.1, 0.15) is 12.3 Å². The van der Waals surface area contributed by atoms with Crippen molar-refractivity contribution in [1.82, 2.24) is 10.2 Å². The average Bonchev–Trinajstić information content (AvgIpc) is 3.00. The van der Waals surface area contributed by atoms with Crippen molar-refractivity contribution in [1.29, 1.82) is 0 Å². The van der Waals surface area contributed by atoms with Gasteiger partial charge in [-0.3, -0.25) is 9.69 Å². The summed E-state index contributed by atoms with van der Waals surface area (Å²) in [6.07, 6.45) is 1.61. The number of carbonyl (C=O) groups excluding carboxylic acids is 2. The minimum absolute atomic E-state index is 0.206. The maximum absolute atomic E-state index is 12.3. The highest BCUT2D eigenvalue weighted by Gasteiger charge is 2.32. The van der Waals surface area contributed by atoms with Crippen LogP contribution in [0.4, 0.5) is 4.79 Å². The number of urea groups is 1. The van der Waals surface area contributed by atoms with E-state index in [-0.39, 0.29) is 23.8 Å². The molecule has 1 heterocycles. The fraction of sp³-hybridized carbons (Fsp3) is 0.227. The van der Waals surface area contributed by atoms with Gasteiger partial charge in [-0.2, -0.15) is 0 Å². The number of rotatable bonds is 8. The first-order valence-corrected chi connectivity index (χ1v) is 10.7. The fourth-order valence-corrected chi connectivity index (χ4v) is 3.78. The van der Waals surface area contributed by atoms with Crippen LogP contribution in [0.3, 0.4) is 0 Å². The van der Waals surface area contributed by atoms with Crippen molar-refractivity contribution in [2.24, 2.45) is 0 Å². The summed E-state index contributed by atoms with van der Waals surface area (Å²) in [5, 5.41) is 11.6. The molecule has 0 spiro atoms. The van der Waals surface area contributed by atoms with E-state index in [0.29, 0.717) is 30.2 Å². The van der Waals surface area contributed by atoms with Crippen LogP contribution < -0.4 is 14.8 Å². The summed E-state index contributed by atoms with van der Waals surface area (Å²) >= 11 is 2.12. The third kappa shape index (κ3) is 5.16. The Morgan fingerprint density at radius 2 is 1.87 bits per heavy atom. The molecule has 2 aromatic rings. The number of carboxylic acids is 1. The lowest BCUT2D eigenvalue weighted by Crippen LogP contribution is -2.30. The van der Waals surface area contributed by atoms with Gasteiger partial charge in [-0.05, 0) is 77.9 Å². The number of benzene rings is 2. The molecule has 1 aliphatic rings. The van der Waals surface area contributed by atoms with Crippen LogP contribution in [0, 0.1) is 3.57 Å². The zero-order valence-corrected chi connectivity index (χ0v) is 19.1. The molecule has 3 rings (SSSR count). The number of likely N-dealkylation sites (N-methyl/N-ethyl adjacent to an activating group) is 1. The number of halogens is 1. The number of ether oxygens (including phenoxy) is 2. The molecule has 0 aliphatic carbocycles. The average molecular weight is 536 g/mol. The number of nitrogens with zero attached hydrogens (tertiary/aromatic N) is 1. The van der Waals surface area contributed by atoms with Crippen LogP contribution in [0.15, 0.2) is 42.1 Å². The summed E-state index contributed by atoms with van der Waals surface area (Å²) in [5.41, 5.74) is 1.92. The predicted octanol–water partition coefficient (Wildman–Crippen LogP) is 3.88. The zero-order chi connectivity index (χ0) is 22.5. The summed E-state index contributed by atoms with van der Waals surface area (Å²) < 4.78 is 12.5. The number of nitrogens with one attached hydrogen (secondary N) is 1. The van der Waals surface area contributed by atoms with E-state index in [1.807, 2.05) is 13.0 Å². The van der Waals surface area contributed by atoms with Crippen molar-refractivity contribution in [2.45, 2.75) is 20.5 Å². The molecular formula is C22H21IN2O6. The van der Waals surface area contributed by atoms with Gasteiger partial charge < -0.3 is 19.9 Å². The Kier molecular flexibility index (Phi) is 7.16. The molecule has 0 atom stereocenters. The molecule has 0 radical (unpaired) electrons. The molecule has 3 amide bonds. The Labute approximate surface area is 193 Å². The molecule has 1 saturated heterocycles. The van der Waals surface area contributed by atoms with Crippen LogP contribution in [0.25, 0.3) is 6.08 Å². The highest BCUT2D eigenvalue weighted by atomic mass is 127. The fourth-order valence-electron chi connectivity index (χ4n) is 3.00. The largest absolute Gasteiger partial charge is 0.490 e. The monoisotopic (exact) mass is 536 g/mol. The summed E-state index contributed by atoms with van der Waals surface area (Å²) in [7, 11) is 0. The number of carbonyl (C=O) groups is 3. The summed E-state index contributed by atoms with van der Waals surface area (Å²) in [6.45, 7) is 4.53. The van der Waals surface area contributed by atoms with E-state index in [4.69, 9.17) is 14.6 Å². The molecule has 31 heavy (non-hydrogen) atoms. The van der Waals surface area contributed by atoms with Gasteiger partial charge in [0.05, 0.1) is 15.7 Å². The molecular weight excluding hydrogens is 515 g/mol. The normalized spacial score (nSPS) is 14.7. The second-order valence-electron chi connectivity index (χ2n) is 6.59. The highest BCUT2D eigenvalue weighted by molar-refractivity contribution is 14.1. The molecule has 1 aliphatic heterocycles. The van der Waals surface area contributed by atoms with Crippen molar-refractivity contribution in [2.75, 3.05) is 13.2 Å². The molecule has 2 N–H and O–H groups in total. The summed E-state index contributed by atoms with van der Waals surface area (Å²) in [5.74, 6) is -0.300. The summed E-state index contributed by atoms with van der Waals surface area (Å²) in [6, 6.07) is 9.58. The Bertz CT molecular complexity index is 1050. The molecule has 2 aromatic carbocycles. The SMILES string of the molecule is CCOc1cc(/C=C2/NC(=O)N(CC)C2=O)cc(I)c1OCc1ccc(C(=O)O)cc1. The van der Waals surface area contributed by atoms with Crippen LogP contribution in [-0.2, 0) is 11.4 Å². The van der Waals surface area contributed by atoms with E-state index in [2.05, 4.69) is 27.9 Å². The molecule has 0 aromatic heterocycles. The molecule has 0 saturated carbocycles. The first-order chi connectivity index (χ1) is 14.8. The van der Waals surface area contributed by atoms with Gasteiger partial charge in [0.2, 0.25) is 0 Å². The van der Waals surface area contributed by atoms with Crippen molar-refractivity contribution < 1.29 is 29.0 Å². The molecule has 8 nitrogen and oxygen atoms in total. The van der Waals surface area contributed by atoms with Crippen LogP contribution in [-0.4, -0.2) is 41.1 Å². The Hall–Kier alpha value is -3.08. The second kappa shape index (κ2) is 9.82. The quantitative estimate of drug-likeness (QED) is 0.302. The standard InChI is InChI=1S/C22H21IN2O6/c1-3-25-20(26)17(24-22(25)29)10-14-9-16(23)19(18(11-14)30-4-2)31-12-13-5-7-15(8-6-13)21(27)28/h5-11H,3-4,12H2,1-2H3,(H,24,29)(H,27,28)/b17-10+. The third-order valence-corrected chi connectivity index (χ3v) is 5.31. The van der Waals surface area contributed by atoms with E-state index >= 15 is 0 Å². The molecule has 162 valence electrons. The molecule has 1 fully saturated rings. The first kappa shape index (κ1) is 22.6. The van der Waals surface area contributed by atoms with Crippen LogP contribution in [0.1, 0.15) is 35.3 Å². The second-order valence-corrected chi connectivity index (χ2v) is 7.75. The van der Waals surface area contributed by atoms with Gasteiger partial charge in [0.15, 0.2) is 11.5 Å². The minimum Gasteiger partial charge on any atom is -0.490 e. The predicted molar refractivity (Wildman–Crippen MR) is 122 cm³/mol. The lowest BCUT2D eigenvalue weighted by molar-refractivity contribution is -0.122. The maximum atomic E-state index is 12.3. The van der Waals surface area contributed by atoms with E-state index < -0.39 is 12.0 Å². The van der Waals surface area contributed by atoms with Crippen molar-refractivity contribution in [3.63, 3.8) is 0 Å². The zero-order valence-electron chi connectivity index (χ0n) is 17.0. The highest BCUT2D eigenvalue weighted by Crippen LogP contribution is 2.35. The smallest absolute Gasteiger partial charge is 0.335 e. The van der Waals surface area contributed by atoms with Crippen LogP contribution in [0.2, 0.25) is 0 Å². The Balaban J connectivity index is 1.83. The number of aromatic carboxylic acids is 1. The maximum Gasteiger partial charge on any atom is 0.335 e. The van der Waals surface area contributed by atoms with Gasteiger partial charge in [-0.1, -0.05) is 12.1 Å². The van der Waals surface area contributed by atoms with Crippen LogP contribution in [0.5, 0.6) is 11.5 Å². The Morgan fingerprint density at radius 1 is 1.16 bits per heavy atom. The minimum atomic E-state index is -0.982. The van der Waals surface area contributed by atoms with Gasteiger partial charge in [0, 0.05) is 6.54 Å². The number of amides is 3. The molecule has 0 unspecified atom stereocenters. The van der Waals surface area contributed by atoms with E-state index in [1.165, 1.54) is 12.1 Å². The first-order valence-electron chi connectivity index (χ1n) is 9.60. The van der Waals surface area contributed by atoms with Gasteiger partial charge in [-0.15, -0.1) is 0 Å². The van der Waals surface area contributed by atoms with Crippen LogP contribution >= 0.6 is 22.6 Å². The number of imide groups is 1. The topological polar surface area (TPSA) is 105 Å². The van der Waals surface area contributed by atoms with E-state index in [9.17, 15) is 14.4 Å². The number of hydrogen-bond acceptors (Lipinski definition) is 5. The van der Waals surface area contributed by atoms with Gasteiger partial charge >= 0.3 is 12.0 Å². The Morgan fingerprint density at radius 3 is 2.45 bits per heavy atom. The lowest BCUT2D eigenvalue weighted by atomic mass is 10.1. The van der Waals surface area contributed by atoms with Crippen molar-refractivity contribution in [3.05, 3.63) is 62.4 Å². The number of carboxylic acid groups (broad SMARTS) is 1. The lowest BCUT2D eigenvalue weighted by Gasteiger charge is -2.15. The van der Waals surface area contributed by atoms with Crippen molar-refractivity contribution >= 4 is 46.6 Å². The summed E-state index contributed by atoms with van der Waals surface area (Å²) in [4.78, 5) is 36.3. The van der Waals surface area contributed by atoms with E-state index in [1.54, 1.807) is 31.2 Å². The molecule has 9 heteroatoms. The van der Waals surface area contributed by atoms with Crippen molar-refractivity contribution in [3.8, 4) is 11.5 Å².